The Morgan fingerprint density at radius 3 is 2.73 bits per heavy atom. The van der Waals surface area contributed by atoms with Gasteiger partial charge >= 0.3 is 5.97 Å². The van der Waals surface area contributed by atoms with Gasteiger partial charge in [0.05, 0.1) is 0 Å². The van der Waals surface area contributed by atoms with E-state index in [-0.39, 0.29) is 12.3 Å². The van der Waals surface area contributed by atoms with Gasteiger partial charge in [-0.05, 0) is 20.8 Å². The Balaban J connectivity index is 2.66. The van der Waals surface area contributed by atoms with Crippen molar-refractivity contribution in [1.29, 1.82) is 0 Å². The van der Waals surface area contributed by atoms with Gasteiger partial charge in [-0.2, -0.15) is 0 Å². The second kappa shape index (κ2) is 4.44. The molecule has 0 saturated heterocycles. The number of methoxy groups -OCH3 is 1. The Labute approximate surface area is 88.3 Å². The van der Waals surface area contributed by atoms with Crippen LogP contribution in [0.4, 0.5) is 0 Å². The zero-order valence-corrected chi connectivity index (χ0v) is 9.36. The first-order valence-electron chi connectivity index (χ1n) is 4.60. The standard InChI is InChI=1S/C10H15NO4/c1-10(2,3)14-9(12)8-5-7(6-13-4)15-11-8/h5H,6H2,1-4H3. The van der Waals surface area contributed by atoms with Crippen LogP contribution in [0.5, 0.6) is 0 Å². The SMILES string of the molecule is COCc1cc(C(=O)OC(C)(C)C)no1. The van der Waals surface area contributed by atoms with Crippen molar-refractivity contribution in [3.05, 3.63) is 17.5 Å². The van der Waals surface area contributed by atoms with Crippen LogP contribution in [-0.2, 0) is 16.1 Å². The van der Waals surface area contributed by atoms with E-state index in [9.17, 15) is 4.79 Å². The normalized spacial score (nSPS) is 11.5. The summed E-state index contributed by atoms with van der Waals surface area (Å²) >= 11 is 0. The minimum Gasteiger partial charge on any atom is -0.455 e. The summed E-state index contributed by atoms with van der Waals surface area (Å²) in [7, 11) is 1.54. The molecule has 5 nitrogen and oxygen atoms in total. The molecule has 84 valence electrons. The van der Waals surface area contributed by atoms with Crippen molar-refractivity contribution in [1.82, 2.24) is 5.16 Å². The third-order valence-corrected chi connectivity index (χ3v) is 1.45. The van der Waals surface area contributed by atoms with Crippen LogP contribution in [0.15, 0.2) is 10.6 Å². The van der Waals surface area contributed by atoms with Crippen LogP contribution < -0.4 is 0 Å². The molecule has 15 heavy (non-hydrogen) atoms. The Hall–Kier alpha value is -1.36. The molecule has 5 heteroatoms. The van der Waals surface area contributed by atoms with Gasteiger partial charge in [-0.1, -0.05) is 5.16 Å². The molecule has 0 bridgehead atoms. The van der Waals surface area contributed by atoms with E-state index in [1.54, 1.807) is 20.8 Å². The van der Waals surface area contributed by atoms with E-state index < -0.39 is 11.6 Å². The van der Waals surface area contributed by atoms with Gasteiger partial charge in [0.15, 0.2) is 11.5 Å². The van der Waals surface area contributed by atoms with E-state index in [0.717, 1.165) is 0 Å². The summed E-state index contributed by atoms with van der Waals surface area (Å²) in [5.41, 5.74) is -0.366. The molecule has 0 atom stereocenters. The van der Waals surface area contributed by atoms with Crippen LogP contribution in [0.2, 0.25) is 0 Å². The van der Waals surface area contributed by atoms with Crippen molar-refractivity contribution in [3.8, 4) is 0 Å². The fourth-order valence-electron chi connectivity index (χ4n) is 0.950. The molecule has 1 aromatic rings. The summed E-state index contributed by atoms with van der Waals surface area (Å²) in [5.74, 6) is 0.00645. The molecule has 0 spiro atoms. The fraction of sp³-hybridized carbons (Fsp3) is 0.600. The molecule has 1 rings (SSSR count). The third-order valence-electron chi connectivity index (χ3n) is 1.45. The predicted octanol–water partition coefficient (Wildman–Crippen LogP) is 1.78. The lowest BCUT2D eigenvalue weighted by Gasteiger charge is -2.18. The highest BCUT2D eigenvalue weighted by Gasteiger charge is 2.20. The summed E-state index contributed by atoms with van der Waals surface area (Å²) in [6, 6.07) is 1.51. The van der Waals surface area contributed by atoms with Crippen LogP contribution in [-0.4, -0.2) is 23.8 Å². The van der Waals surface area contributed by atoms with Gasteiger partial charge in [0, 0.05) is 13.2 Å². The zero-order valence-electron chi connectivity index (χ0n) is 9.36. The molecular formula is C10H15NO4. The van der Waals surface area contributed by atoms with E-state index in [0.29, 0.717) is 5.76 Å². The Kier molecular flexibility index (Phi) is 3.47. The maximum absolute atomic E-state index is 11.5. The number of hydrogen-bond donors (Lipinski definition) is 0. The molecule has 0 aliphatic carbocycles. The second-order valence-electron chi connectivity index (χ2n) is 4.11. The lowest BCUT2D eigenvalue weighted by molar-refractivity contribution is 0.00586. The highest BCUT2D eigenvalue weighted by atomic mass is 16.6. The molecule has 0 aliphatic heterocycles. The number of hydrogen-bond acceptors (Lipinski definition) is 5. The molecule has 0 fully saturated rings. The first kappa shape index (κ1) is 11.7. The second-order valence-corrected chi connectivity index (χ2v) is 4.11. The zero-order chi connectivity index (χ0) is 11.5. The lowest BCUT2D eigenvalue weighted by atomic mass is 10.2. The highest BCUT2D eigenvalue weighted by Crippen LogP contribution is 2.12. The van der Waals surface area contributed by atoms with Crippen molar-refractivity contribution in [2.24, 2.45) is 0 Å². The molecule has 1 heterocycles. The summed E-state index contributed by atoms with van der Waals surface area (Å²) in [6.45, 7) is 5.67. The van der Waals surface area contributed by atoms with Gasteiger partial charge in [0.25, 0.3) is 0 Å². The molecule has 0 N–H and O–H groups in total. The lowest BCUT2D eigenvalue weighted by Crippen LogP contribution is -2.24. The van der Waals surface area contributed by atoms with E-state index in [2.05, 4.69) is 5.16 Å². The maximum Gasteiger partial charge on any atom is 0.361 e. The molecule has 0 aliphatic rings. The Morgan fingerprint density at radius 1 is 1.53 bits per heavy atom. The van der Waals surface area contributed by atoms with Crippen LogP contribution >= 0.6 is 0 Å². The average molecular weight is 213 g/mol. The van der Waals surface area contributed by atoms with E-state index >= 15 is 0 Å². The third kappa shape index (κ3) is 3.71. The van der Waals surface area contributed by atoms with Crippen LogP contribution in [0.3, 0.4) is 0 Å². The number of ether oxygens (including phenoxy) is 2. The van der Waals surface area contributed by atoms with Crippen molar-refractivity contribution in [2.45, 2.75) is 33.0 Å². The number of esters is 1. The highest BCUT2D eigenvalue weighted by molar-refractivity contribution is 5.87. The number of aromatic nitrogens is 1. The Bertz CT molecular complexity index is 337. The first-order valence-corrected chi connectivity index (χ1v) is 4.60. The van der Waals surface area contributed by atoms with Gasteiger partial charge in [-0.3, -0.25) is 0 Å². The first-order chi connectivity index (χ1) is 6.92. The van der Waals surface area contributed by atoms with Crippen molar-refractivity contribution < 1.29 is 18.8 Å². The summed E-state index contributed by atoms with van der Waals surface area (Å²) in [4.78, 5) is 11.5. The number of nitrogens with zero attached hydrogens (tertiary/aromatic N) is 1. The number of rotatable bonds is 3. The van der Waals surface area contributed by atoms with Gasteiger partial charge in [-0.15, -0.1) is 0 Å². The number of carbonyl (C=O) groups is 1. The minimum atomic E-state index is -0.530. The monoisotopic (exact) mass is 213 g/mol. The van der Waals surface area contributed by atoms with E-state index in [1.165, 1.54) is 13.2 Å². The topological polar surface area (TPSA) is 61.6 Å². The molecule has 0 unspecified atom stereocenters. The molecular weight excluding hydrogens is 198 g/mol. The summed E-state index contributed by atoms with van der Waals surface area (Å²) < 4.78 is 14.8. The largest absolute Gasteiger partial charge is 0.455 e. The van der Waals surface area contributed by atoms with E-state index in [4.69, 9.17) is 14.0 Å². The molecule has 0 saturated carbocycles. The van der Waals surface area contributed by atoms with Crippen LogP contribution in [0, 0.1) is 0 Å². The van der Waals surface area contributed by atoms with Crippen LogP contribution in [0.25, 0.3) is 0 Å². The predicted molar refractivity (Wildman–Crippen MR) is 52.4 cm³/mol. The molecule has 0 radical (unpaired) electrons. The van der Waals surface area contributed by atoms with Crippen molar-refractivity contribution >= 4 is 5.97 Å². The van der Waals surface area contributed by atoms with Crippen molar-refractivity contribution in [2.75, 3.05) is 7.11 Å². The Morgan fingerprint density at radius 2 is 2.20 bits per heavy atom. The summed E-state index contributed by atoms with van der Waals surface area (Å²) in [5, 5.41) is 3.59. The average Bonchev–Trinajstić information content (AvgIpc) is 2.50. The van der Waals surface area contributed by atoms with Gasteiger partial charge in [-0.25, -0.2) is 4.79 Å². The molecule has 0 aromatic carbocycles. The molecule has 1 aromatic heterocycles. The smallest absolute Gasteiger partial charge is 0.361 e. The van der Waals surface area contributed by atoms with Gasteiger partial charge < -0.3 is 14.0 Å². The fourth-order valence-corrected chi connectivity index (χ4v) is 0.950. The molecule has 0 amide bonds. The minimum absolute atomic E-state index is 0.164. The maximum atomic E-state index is 11.5. The van der Waals surface area contributed by atoms with E-state index in [1.807, 2.05) is 0 Å². The van der Waals surface area contributed by atoms with Crippen molar-refractivity contribution in [3.63, 3.8) is 0 Å². The van der Waals surface area contributed by atoms with Crippen LogP contribution in [0.1, 0.15) is 37.0 Å². The number of carbonyl (C=O) groups excluding carboxylic acids is 1. The summed E-state index contributed by atoms with van der Waals surface area (Å²) in [6.07, 6.45) is 0. The van der Waals surface area contributed by atoms with Gasteiger partial charge in [0.1, 0.15) is 12.2 Å². The van der Waals surface area contributed by atoms with Gasteiger partial charge in [0.2, 0.25) is 0 Å². The quantitative estimate of drug-likeness (QED) is 0.716.